The summed E-state index contributed by atoms with van der Waals surface area (Å²) in [5.41, 5.74) is 0.796. The molecule has 1 aromatic rings. The van der Waals surface area contributed by atoms with E-state index in [0.717, 1.165) is 31.6 Å². The van der Waals surface area contributed by atoms with Crippen molar-refractivity contribution in [1.82, 2.24) is 0 Å². The van der Waals surface area contributed by atoms with Crippen molar-refractivity contribution >= 4 is 27.1 Å². The van der Waals surface area contributed by atoms with E-state index in [0.29, 0.717) is 4.90 Å². The molecule has 0 amide bonds. The maximum atomic E-state index is 12.1. The second kappa shape index (κ2) is 5.49. The van der Waals surface area contributed by atoms with E-state index in [2.05, 4.69) is 4.90 Å². The number of piperidine rings is 1. The zero-order chi connectivity index (χ0) is 13.2. The molecule has 1 saturated heterocycles. The second-order valence-corrected chi connectivity index (χ2v) is 7.42. The van der Waals surface area contributed by atoms with Gasteiger partial charge in [0.2, 0.25) is 0 Å². The van der Waals surface area contributed by atoms with Crippen LogP contribution in [0.2, 0.25) is 0 Å². The molecule has 3 nitrogen and oxygen atoms in total. The van der Waals surface area contributed by atoms with E-state index >= 15 is 0 Å². The van der Waals surface area contributed by atoms with Crippen molar-refractivity contribution in [2.75, 3.05) is 23.7 Å². The highest BCUT2D eigenvalue weighted by molar-refractivity contribution is 7.91. The van der Waals surface area contributed by atoms with Crippen LogP contribution in [0.15, 0.2) is 29.2 Å². The van der Waals surface area contributed by atoms with E-state index < -0.39 is 9.84 Å². The van der Waals surface area contributed by atoms with Crippen LogP contribution in [-0.2, 0) is 9.84 Å². The van der Waals surface area contributed by atoms with Gasteiger partial charge < -0.3 is 4.90 Å². The Hall–Kier alpha value is -0.740. The molecule has 100 valence electrons. The normalized spacial score (nSPS) is 21.0. The topological polar surface area (TPSA) is 37.4 Å². The van der Waals surface area contributed by atoms with Gasteiger partial charge in [0.1, 0.15) is 0 Å². The summed E-state index contributed by atoms with van der Waals surface area (Å²) in [6.45, 7) is 3.27. The van der Waals surface area contributed by atoms with Crippen LogP contribution in [0.1, 0.15) is 19.8 Å². The SMILES string of the molecule is CCS(=O)(=O)c1ccccc1N1CCCC(Cl)C1. The van der Waals surface area contributed by atoms with Crippen molar-refractivity contribution < 1.29 is 8.42 Å². The molecule has 1 unspecified atom stereocenters. The smallest absolute Gasteiger partial charge is 0.180 e. The minimum absolute atomic E-state index is 0.108. The number of para-hydroxylation sites is 1. The molecular weight excluding hydrogens is 270 g/mol. The largest absolute Gasteiger partial charge is 0.369 e. The Bertz CT molecular complexity index is 515. The lowest BCUT2D eigenvalue weighted by atomic mass is 10.1. The van der Waals surface area contributed by atoms with Crippen LogP contribution in [0.4, 0.5) is 5.69 Å². The molecule has 1 fully saturated rings. The molecule has 1 aliphatic rings. The third kappa shape index (κ3) is 2.81. The van der Waals surface area contributed by atoms with Gasteiger partial charge in [-0.3, -0.25) is 0 Å². The molecule has 0 spiro atoms. The Morgan fingerprint density at radius 2 is 2.11 bits per heavy atom. The maximum absolute atomic E-state index is 12.1. The van der Waals surface area contributed by atoms with Gasteiger partial charge in [-0.15, -0.1) is 11.6 Å². The summed E-state index contributed by atoms with van der Waals surface area (Å²) in [4.78, 5) is 2.52. The molecule has 0 aromatic heterocycles. The average Bonchev–Trinajstić information content (AvgIpc) is 2.39. The Kier molecular flexibility index (Phi) is 4.17. The van der Waals surface area contributed by atoms with Crippen molar-refractivity contribution in [3.63, 3.8) is 0 Å². The number of benzene rings is 1. The lowest BCUT2D eigenvalue weighted by Crippen LogP contribution is -2.36. The van der Waals surface area contributed by atoms with Crippen LogP contribution in [-0.4, -0.2) is 32.6 Å². The molecule has 1 aliphatic heterocycles. The van der Waals surface area contributed by atoms with E-state index in [1.54, 1.807) is 19.1 Å². The fourth-order valence-electron chi connectivity index (χ4n) is 2.28. The van der Waals surface area contributed by atoms with Gasteiger partial charge in [0, 0.05) is 13.1 Å². The van der Waals surface area contributed by atoms with Crippen LogP contribution in [0.3, 0.4) is 0 Å². The van der Waals surface area contributed by atoms with Gasteiger partial charge in [0.15, 0.2) is 9.84 Å². The van der Waals surface area contributed by atoms with Crippen molar-refractivity contribution in [1.29, 1.82) is 0 Å². The van der Waals surface area contributed by atoms with Gasteiger partial charge in [0.05, 0.1) is 21.7 Å². The molecule has 1 aromatic carbocycles. The zero-order valence-electron chi connectivity index (χ0n) is 10.5. The summed E-state index contributed by atoms with van der Waals surface area (Å²) in [6.07, 6.45) is 2.01. The molecular formula is C13H18ClNO2S. The molecule has 0 aliphatic carbocycles. The monoisotopic (exact) mass is 287 g/mol. The number of sulfone groups is 1. The van der Waals surface area contributed by atoms with Gasteiger partial charge in [-0.05, 0) is 25.0 Å². The van der Waals surface area contributed by atoms with Crippen molar-refractivity contribution in [2.45, 2.75) is 30.0 Å². The minimum atomic E-state index is -3.18. The molecule has 18 heavy (non-hydrogen) atoms. The first-order valence-electron chi connectivity index (χ1n) is 6.25. The van der Waals surface area contributed by atoms with Crippen LogP contribution >= 0.6 is 11.6 Å². The standard InChI is InChI=1S/C13H18ClNO2S/c1-2-18(16,17)13-8-4-3-7-12(13)15-9-5-6-11(14)10-15/h3-4,7-8,11H,2,5-6,9-10H2,1H3. The van der Waals surface area contributed by atoms with Crippen molar-refractivity contribution in [3.05, 3.63) is 24.3 Å². The molecule has 0 N–H and O–H groups in total. The average molecular weight is 288 g/mol. The number of halogens is 1. The Balaban J connectivity index is 2.39. The first-order chi connectivity index (χ1) is 8.54. The summed E-state index contributed by atoms with van der Waals surface area (Å²) in [5.74, 6) is 0.127. The van der Waals surface area contributed by atoms with E-state index in [1.165, 1.54) is 0 Å². The lowest BCUT2D eigenvalue weighted by Gasteiger charge is -2.32. The quantitative estimate of drug-likeness (QED) is 0.802. The Labute approximate surface area is 114 Å². The maximum Gasteiger partial charge on any atom is 0.180 e. The second-order valence-electron chi connectivity index (χ2n) is 4.56. The number of hydrogen-bond donors (Lipinski definition) is 0. The summed E-state index contributed by atoms with van der Waals surface area (Å²) >= 11 is 6.17. The van der Waals surface area contributed by atoms with Crippen LogP contribution < -0.4 is 4.90 Å². The third-order valence-corrected chi connectivity index (χ3v) is 5.42. The van der Waals surface area contributed by atoms with Gasteiger partial charge in [-0.25, -0.2) is 8.42 Å². The van der Waals surface area contributed by atoms with Crippen LogP contribution in [0.25, 0.3) is 0 Å². The Morgan fingerprint density at radius 1 is 1.39 bits per heavy atom. The van der Waals surface area contributed by atoms with E-state index in [-0.39, 0.29) is 11.1 Å². The fraction of sp³-hybridized carbons (Fsp3) is 0.538. The molecule has 5 heteroatoms. The predicted molar refractivity (Wildman–Crippen MR) is 75.3 cm³/mol. The van der Waals surface area contributed by atoms with Crippen LogP contribution in [0.5, 0.6) is 0 Å². The molecule has 0 saturated carbocycles. The number of nitrogens with zero attached hydrogens (tertiary/aromatic N) is 1. The van der Waals surface area contributed by atoms with Crippen LogP contribution in [0, 0.1) is 0 Å². The lowest BCUT2D eigenvalue weighted by molar-refractivity contribution is 0.576. The summed E-state index contributed by atoms with van der Waals surface area (Å²) in [6, 6.07) is 7.21. The highest BCUT2D eigenvalue weighted by Crippen LogP contribution is 2.29. The molecule has 0 bridgehead atoms. The van der Waals surface area contributed by atoms with E-state index in [9.17, 15) is 8.42 Å². The van der Waals surface area contributed by atoms with Crippen molar-refractivity contribution in [3.8, 4) is 0 Å². The Morgan fingerprint density at radius 3 is 2.78 bits per heavy atom. The van der Waals surface area contributed by atoms with Gasteiger partial charge >= 0.3 is 0 Å². The third-order valence-electron chi connectivity index (χ3n) is 3.28. The van der Waals surface area contributed by atoms with Gasteiger partial charge in [-0.1, -0.05) is 19.1 Å². The highest BCUT2D eigenvalue weighted by atomic mass is 35.5. The van der Waals surface area contributed by atoms with E-state index in [4.69, 9.17) is 11.6 Å². The zero-order valence-corrected chi connectivity index (χ0v) is 12.0. The van der Waals surface area contributed by atoms with E-state index in [1.807, 2.05) is 12.1 Å². The minimum Gasteiger partial charge on any atom is -0.369 e. The summed E-state index contributed by atoms with van der Waals surface area (Å²) in [5, 5.41) is 0.108. The number of rotatable bonds is 3. The first-order valence-corrected chi connectivity index (χ1v) is 8.34. The molecule has 0 radical (unpaired) electrons. The first kappa shape index (κ1) is 13.7. The van der Waals surface area contributed by atoms with Gasteiger partial charge in [-0.2, -0.15) is 0 Å². The number of hydrogen-bond acceptors (Lipinski definition) is 3. The fourth-order valence-corrected chi connectivity index (χ4v) is 3.71. The molecule has 1 heterocycles. The summed E-state index contributed by atoms with van der Waals surface area (Å²) < 4.78 is 24.2. The number of anilines is 1. The molecule has 1 atom stereocenters. The molecule has 2 rings (SSSR count). The predicted octanol–water partition coefficient (Wildman–Crippen LogP) is 2.69. The highest BCUT2D eigenvalue weighted by Gasteiger charge is 2.24. The van der Waals surface area contributed by atoms with Gasteiger partial charge in [0.25, 0.3) is 0 Å². The van der Waals surface area contributed by atoms with Crippen molar-refractivity contribution in [2.24, 2.45) is 0 Å². The number of alkyl halides is 1. The summed E-state index contributed by atoms with van der Waals surface area (Å²) in [7, 11) is -3.18.